The molecule has 1 saturated carbocycles. The summed E-state index contributed by atoms with van der Waals surface area (Å²) in [6, 6.07) is 10.8. The molecule has 3 rings (SSSR count). The number of nitrogens with zero attached hydrogens (tertiary/aromatic N) is 3. The maximum atomic E-state index is 4.37. The van der Waals surface area contributed by atoms with Crippen molar-refractivity contribution >= 4 is 11.8 Å². The van der Waals surface area contributed by atoms with Crippen LogP contribution in [-0.2, 0) is 0 Å². The van der Waals surface area contributed by atoms with E-state index in [1.807, 2.05) is 30.0 Å². The molecule has 4 heteroatoms. The van der Waals surface area contributed by atoms with Gasteiger partial charge in [0.05, 0.1) is 12.2 Å². The fourth-order valence-electron chi connectivity index (χ4n) is 2.83. The zero-order valence-electron chi connectivity index (χ0n) is 11.2. The van der Waals surface area contributed by atoms with E-state index in [1.54, 1.807) is 0 Å². The normalized spacial score (nSPS) is 23.4. The molecule has 0 N–H and O–H groups in total. The van der Waals surface area contributed by atoms with Crippen LogP contribution in [0.4, 0.5) is 0 Å². The molecule has 0 spiro atoms. The van der Waals surface area contributed by atoms with Crippen molar-refractivity contribution in [1.82, 2.24) is 15.0 Å². The SMILES string of the molecule is CSC1CCCCC1n1cc(-c2ccccc2)nn1. The Morgan fingerprint density at radius 3 is 2.74 bits per heavy atom. The summed E-state index contributed by atoms with van der Waals surface area (Å²) in [6.45, 7) is 0. The van der Waals surface area contributed by atoms with Gasteiger partial charge in [-0.25, -0.2) is 4.68 Å². The van der Waals surface area contributed by atoms with Gasteiger partial charge in [0.1, 0.15) is 5.69 Å². The van der Waals surface area contributed by atoms with Gasteiger partial charge in [-0.1, -0.05) is 48.4 Å². The monoisotopic (exact) mass is 273 g/mol. The van der Waals surface area contributed by atoms with E-state index in [4.69, 9.17) is 0 Å². The molecule has 3 nitrogen and oxygen atoms in total. The molecule has 1 aliphatic carbocycles. The summed E-state index contributed by atoms with van der Waals surface area (Å²) in [4.78, 5) is 0. The summed E-state index contributed by atoms with van der Waals surface area (Å²) in [7, 11) is 0. The average molecular weight is 273 g/mol. The number of thioether (sulfide) groups is 1. The second kappa shape index (κ2) is 5.78. The Kier molecular flexibility index (Phi) is 3.87. The van der Waals surface area contributed by atoms with Gasteiger partial charge in [-0.3, -0.25) is 0 Å². The molecule has 19 heavy (non-hydrogen) atoms. The smallest absolute Gasteiger partial charge is 0.113 e. The summed E-state index contributed by atoms with van der Waals surface area (Å²) in [5, 5.41) is 9.38. The zero-order valence-corrected chi connectivity index (χ0v) is 12.0. The highest BCUT2D eigenvalue weighted by molar-refractivity contribution is 7.99. The topological polar surface area (TPSA) is 30.7 Å². The van der Waals surface area contributed by atoms with Gasteiger partial charge in [-0.05, 0) is 19.1 Å². The van der Waals surface area contributed by atoms with Crippen molar-refractivity contribution in [3.63, 3.8) is 0 Å². The molecule has 2 atom stereocenters. The molecule has 1 fully saturated rings. The van der Waals surface area contributed by atoms with Gasteiger partial charge in [0.25, 0.3) is 0 Å². The third kappa shape index (κ3) is 2.68. The van der Waals surface area contributed by atoms with E-state index in [0.29, 0.717) is 11.3 Å². The molecule has 1 aromatic carbocycles. The van der Waals surface area contributed by atoms with E-state index in [0.717, 1.165) is 11.3 Å². The van der Waals surface area contributed by atoms with Crippen LogP contribution in [-0.4, -0.2) is 26.5 Å². The van der Waals surface area contributed by atoms with Crippen LogP contribution in [0.3, 0.4) is 0 Å². The number of aromatic nitrogens is 3. The van der Waals surface area contributed by atoms with Crippen LogP contribution in [0.15, 0.2) is 36.5 Å². The molecular formula is C15H19N3S. The molecule has 0 amide bonds. The van der Waals surface area contributed by atoms with Crippen molar-refractivity contribution in [3.05, 3.63) is 36.5 Å². The third-order valence-electron chi connectivity index (χ3n) is 3.89. The highest BCUT2D eigenvalue weighted by Gasteiger charge is 2.26. The zero-order chi connectivity index (χ0) is 13.1. The first kappa shape index (κ1) is 12.7. The van der Waals surface area contributed by atoms with Crippen molar-refractivity contribution in [2.75, 3.05) is 6.26 Å². The summed E-state index contributed by atoms with van der Waals surface area (Å²) in [5.74, 6) is 0. The van der Waals surface area contributed by atoms with Crippen molar-refractivity contribution < 1.29 is 0 Å². The lowest BCUT2D eigenvalue weighted by molar-refractivity contribution is 0.334. The molecule has 0 bridgehead atoms. The largest absolute Gasteiger partial charge is 0.248 e. The number of hydrogen-bond donors (Lipinski definition) is 0. The minimum absolute atomic E-state index is 0.508. The lowest BCUT2D eigenvalue weighted by Gasteiger charge is -2.29. The molecule has 0 aliphatic heterocycles. The first-order valence-electron chi connectivity index (χ1n) is 6.88. The summed E-state index contributed by atoms with van der Waals surface area (Å²) >= 11 is 1.97. The predicted molar refractivity (Wildman–Crippen MR) is 80.3 cm³/mol. The Hall–Kier alpha value is -1.29. The van der Waals surface area contributed by atoms with Crippen LogP contribution < -0.4 is 0 Å². The fraction of sp³-hybridized carbons (Fsp3) is 0.467. The molecule has 0 saturated heterocycles. The Balaban J connectivity index is 1.84. The van der Waals surface area contributed by atoms with E-state index in [1.165, 1.54) is 25.7 Å². The minimum atomic E-state index is 0.508. The van der Waals surface area contributed by atoms with Gasteiger partial charge < -0.3 is 0 Å². The van der Waals surface area contributed by atoms with Crippen LogP contribution >= 0.6 is 11.8 Å². The second-order valence-corrected chi connectivity index (χ2v) is 6.15. The second-order valence-electron chi connectivity index (χ2n) is 5.08. The van der Waals surface area contributed by atoms with Crippen LogP contribution in [0, 0.1) is 0 Å². The molecule has 2 unspecified atom stereocenters. The lowest BCUT2D eigenvalue weighted by atomic mass is 9.95. The van der Waals surface area contributed by atoms with Crippen LogP contribution in [0.2, 0.25) is 0 Å². The van der Waals surface area contributed by atoms with Gasteiger partial charge in [-0.15, -0.1) is 5.10 Å². The third-order valence-corrected chi connectivity index (χ3v) is 5.05. The van der Waals surface area contributed by atoms with Crippen LogP contribution in [0.1, 0.15) is 31.7 Å². The number of benzene rings is 1. The molecule has 0 radical (unpaired) electrons. The summed E-state index contributed by atoms with van der Waals surface area (Å²) < 4.78 is 2.09. The summed E-state index contributed by atoms with van der Waals surface area (Å²) in [5.41, 5.74) is 2.12. The summed E-state index contributed by atoms with van der Waals surface area (Å²) in [6.07, 6.45) is 9.49. The molecule has 1 aliphatic rings. The van der Waals surface area contributed by atoms with E-state index in [-0.39, 0.29) is 0 Å². The average Bonchev–Trinajstić information content (AvgIpc) is 2.98. The molecule has 1 aromatic heterocycles. The quantitative estimate of drug-likeness (QED) is 0.852. The van der Waals surface area contributed by atoms with Crippen LogP contribution in [0.5, 0.6) is 0 Å². The highest BCUT2D eigenvalue weighted by Crippen LogP contribution is 2.35. The minimum Gasteiger partial charge on any atom is -0.248 e. The molecule has 2 aromatic rings. The van der Waals surface area contributed by atoms with E-state index < -0.39 is 0 Å². The maximum Gasteiger partial charge on any atom is 0.113 e. The molecular weight excluding hydrogens is 254 g/mol. The number of rotatable bonds is 3. The van der Waals surface area contributed by atoms with Gasteiger partial charge in [-0.2, -0.15) is 11.8 Å². The standard InChI is InChI=1S/C15H19N3S/c1-19-15-10-6-5-9-14(15)18-11-13(16-17-18)12-7-3-2-4-8-12/h2-4,7-8,11,14-15H,5-6,9-10H2,1H3. The predicted octanol–water partition coefficient (Wildman–Crippen LogP) is 3.79. The maximum absolute atomic E-state index is 4.37. The van der Waals surface area contributed by atoms with E-state index in [9.17, 15) is 0 Å². The van der Waals surface area contributed by atoms with Crippen molar-refractivity contribution in [2.45, 2.75) is 37.0 Å². The van der Waals surface area contributed by atoms with Gasteiger partial charge >= 0.3 is 0 Å². The fourth-order valence-corrected chi connectivity index (χ4v) is 3.81. The Bertz CT molecular complexity index is 523. The first-order chi connectivity index (χ1) is 9.38. The number of hydrogen-bond acceptors (Lipinski definition) is 3. The Labute approximate surface area is 118 Å². The Morgan fingerprint density at radius 2 is 1.95 bits per heavy atom. The van der Waals surface area contributed by atoms with Gasteiger partial charge in [0.2, 0.25) is 0 Å². The van der Waals surface area contributed by atoms with Crippen LogP contribution in [0.25, 0.3) is 11.3 Å². The van der Waals surface area contributed by atoms with Crippen molar-refractivity contribution in [1.29, 1.82) is 0 Å². The van der Waals surface area contributed by atoms with Crippen molar-refractivity contribution in [3.8, 4) is 11.3 Å². The van der Waals surface area contributed by atoms with Gasteiger partial charge in [0, 0.05) is 10.8 Å². The highest BCUT2D eigenvalue weighted by atomic mass is 32.2. The first-order valence-corrected chi connectivity index (χ1v) is 8.17. The lowest BCUT2D eigenvalue weighted by Crippen LogP contribution is -2.25. The molecule has 1 heterocycles. The van der Waals surface area contributed by atoms with E-state index in [2.05, 4.69) is 39.6 Å². The van der Waals surface area contributed by atoms with Crippen molar-refractivity contribution in [2.24, 2.45) is 0 Å². The Morgan fingerprint density at radius 1 is 1.16 bits per heavy atom. The van der Waals surface area contributed by atoms with E-state index >= 15 is 0 Å². The molecule has 100 valence electrons. The van der Waals surface area contributed by atoms with Gasteiger partial charge in [0.15, 0.2) is 0 Å².